The number of hydrogen-bond donors (Lipinski definition) is 1. The summed E-state index contributed by atoms with van der Waals surface area (Å²) in [6.07, 6.45) is 1.52. The highest BCUT2D eigenvalue weighted by Crippen LogP contribution is 2.36. The average molecular weight is 469 g/mol. The van der Waals surface area contributed by atoms with E-state index in [2.05, 4.69) is 62.2 Å². The second-order valence-electron chi connectivity index (χ2n) is 9.27. The van der Waals surface area contributed by atoms with Gasteiger partial charge in [-0.15, -0.1) is 0 Å². The van der Waals surface area contributed by atoms with Gasteiger partial charge in [-0.25, -0.2) is 9.97 Å². The molecule has 4 heterocycles. The predicted octanol–water partition coefficient (Wildman–Crippen LogP) is 3.40. The molecule has 0 bridgehead atoms. The Bertz CT molecular complexity index is 1490. The third-order valence-electron chi connectivity index (χ3n) is 7.05. The lowest BCUT2D eigenvalue weighted by Gasteiger charge is -2.34. The minimum Gasteiger partial charge on any atom is -0.381 e. The maximum atomic E-state index is 14.1. The monoisotopic (exact) mass is 468 g/mol. The Labute approximate surface area is 205 Å². The zero-order valence-electron chi connectivity index (χ0n) is 21.0. The summed E-state index contributed by atoms with van der Waals surface area (Å²) >= 11 is 0. The van der Waals surface area contributed by atoms with Crippen molar-refractivity contribution >= 4 is 33.8 Å². The van der Waals surface area contributed by atoms with Crippen molar-refractivity contribution in [2.75, 3.05) is 61.4 Å². The van der Waals surface area contributed by atoms with E-state index in [9.17, 15) is 4.79 Å². The van der Waals surface area contributed by atoms with Crippen molar-refractivity contribution in [3.8, 4) is 5.69 Å². The first kappa shape index (κ1) is 20.5. The molecule has 0 radical (unpaired) electrons. The number of nitrogens with one attached hydrogen (secondary N) is 1. The van der Waals surface area contributed by atoms with Gasteiger partial charge in [0, 0.05) is 56.5 Å². The van der Waals surface area contributed by atoms with Gasteiger partial charge in [-0.1, -0.05) is 12.1 Å². The summed E-state index contributed by atoms with van der Waals surface area (Å²) in [5, 5.41) is 4.19. The van der Waals surface area contributed by atoms with E-state index >= 15 is 0 Å². The fraction of sp³-hybridized carbons (Fsp3) is 0.296. The number of piperazine rings is 1. The molecule has 178 valence electrons. The van der Waals surface area contributed by atoms with Crippen molar-refractivity contribution in [2.24, 2.45) is 0 Å². The number of anilines is 4. The molecule has 0 amide bonds. The van der Waals surface area contributed by atoms with Crippen molar-refractivity contribution in [2.45, 2.75) is 6.92 Å². The number of rotatable bonds is 3. The largest absolute Gasteiger partial charge is 0.381 e. The van der Waals surface area contributed by atoms with E-state index in [0.717, 1.165) is 66.4 Å². The maximum absolute atomic E-state index is 14.1. The molecule has 1 N–H and O–H groups in total. The van der Waals surface area contributed by atoms with Gasteiger partial charge in [-0.3, -0.25) is 9.36 Å². The van der Waals surface area contributed by atoms with Crippen LogP contribution in [-0.4, -0.2) is 65.8 Å². The Hall–Kier alpha value is -3.91. The Morgan fingerprint density at radius 2 is 1.74 bits per heavy atom. The highest BCUT2D eigenvalue weighted by molar-refractivity contribution is 5.85. The summed E-state index contributed by atoms with van der Waals surface area (Å²) in [6, 6.07) is 16.1. The van der Waals surface area contributed by atoms with Crippen LogP contribution in [0.4, 0.5) is 22.7 Å². The van der Waals surface area contributed by atoms with Gasteiger partial charge in [0.2, 0.25) is 0 Å². The maximum Gasteiger partial charge on any atom is 0.280 e. The van der Waals surface area contributed by atoms with Gasteiger partial charge in [0.15, 0.2) is 5.65 Å². The molecule has 8 nitrogen and oxygen atoms in total. The summed E-state index contributed by atoms with van der Waals surface area (Å²) in [4.78, 5) is 29.3. The molecule has 0 unspecified atom stereocenters. The molecular weight excluding hydrogens is 438 g/mol. The van der Waals surface area contributed by atoms with E-state index in [1.54, 1.807) is 10.8 Å². The smallest absolute Gasteiger partial charge is 0.280 e. The van der Waals surface area contributed by atoms with Crippen molar-refractivity contribution in [3.63, 3.8) is 0 Å². The van der Waals surface area contributed by atoms with E-state index < -0.39 is 0 Å². The molecule has 0 spiro atoms. The van der Waals surface area contributed by atoms with Crippen LogP contribution in [0.2, 0.25) is 0 Å². The lowest BCUT2D eigenvalue weighted by Crippen LogP contribution is -2.44. The average Bonchev–Trinajstić information content (AvgIpc) is 2.89. The number of aromatic nitrogens is 3. The third kappa shape index (κ3) is 3.80. The van der Waals surface area contributed by atoms with Gasteiger partial charge in [0.1, 0.15) is 13.4 Å². The second kappa shape index (κ2) is 8.70. The van der Waals surface area contributed by atoms with Gasteiger partial charge in [0.25, 0.3) is 5.56 Å². The number of benzene rings is 2. The number of pyridine rings is 1. The van der Waals surface area contributed by atoms with Crippen molar-refractivity contribution in [3.05, 3.63) is 76.9 Å². The number of likely N-dealkylation sites (N-methyl/N-ethyl adjacent to an activating group) is 1. The lowest BCUT2D eigenvalue weighted by molar-refractivity contribution is 0.313. The number of hydrogen-bond acceptors (Lipinski definition) is 7. The highest BCUT2D eigenvalue weighted by Gasteiger charge is 2.24. The summed E-state index contributed by atoms with van der Waals surface area (Å²) in [5.74, 6) is 0. The summed E-state index contributed by atoms with van der Waals surface area (Å²) < 4.78 is 9.61. The molecule has 1 saturated heterocycles. The standard InChI is InChI=1S/C27H29N7O/c1-19-4-3-5-23-25(19)29-10-11-33(23)24-16-20-17-28-18-30-26(20)34(27(24)35)22-8-6-21(7-9-22)32-14-12-31(2)13-15-32/h3-9,16-18,29H,10-15H2,1-2H3/i18D. The Morgan fingerprint density at radius 1 is 0.971 bits per heavy atom. The van der Waals surface area contributed by atoms with Gasteiger partial charge in [-0.05, 0) is 55.9 Å². The van der Waals surface area contributed by atoms with Crippen LogP contribution in [0.5, 0.6) is 0 Å². The lowest BCUT2D eigenvalue weighted by atomic mass is 10.1. The van der Waals surface area contributed by atoms with E-state index in [4.69, 9.17) is 1.37 Å². The fourth-order valence-electron chi connectivity index (χ4n) is 5.08. The van der Waals surface area contributed by atoms with Gasteiger partial charge in [0.05, 0.1) is 17.1 Å². The molecule has 4 aromatic rings. The van der Waals surface area contributed by atoms with Gasteiger partial charge < -0.3 is 20.0 Å². The first-order valence-corrected chi connectivity index (χ1v) is 12.0. The van der Waals surface area contributed by atoms with E-state index in [1.807, 2.05) is 30.3 Å². The quantitative estimate of drug-likeness (QED) is 0.494. The topological polar surface area (TPSA) is 69.5 Å². The molecule has 2 aliphatic rings. The van der Waals surface area contributed by atoms with E-state index in [0.29, 0.717) is 17.9 Å². The third-order valence-corrected chi connectivity index (χ3v) is 7.05. The molecule has 0 atom stereocenters. The first-order valence-electron chi connectivity index (χ1n) is 12.5. The molecule has 2 aromatic carbocycles. The molecule has 1 fully saturated rings. The summed E-state index contributed by atoms with van der Waals surface area (Å²) in [6.45, 7) is 7.48. The Balaban J connectivity index is 1.48. The Morgan fingerprint density at radius 3 is 2.54 bits per heavy atom. The van der Waals surface area contributed by atoms with Crippen LogP contribution in [0.15, 0.2) is 65.8 Å². The molecule has 0 aliphatic carbocycles. The van der Waals surface area contributed by atoms with E-state index in [1.165, 1.54) is 0 Å². The van der Waals surface area contributed by atoms with Crippen LogP contribution in [0.25, 0.3) is 16.7 Å². The Kier molecular flexibility index (Phi) is 5.09. The number of nitrogens with zero attached hydrogens (tertiary/aromatic N) is 6. The van der Waals surface area contributed by atoms with Crippen LogP contribution in [0, 0.1) is 6.92 Å². The zero-order valence-corrected chi connectivity index (χ0v) is 20.0. The van der Waals surface area contributed by atoms with E-state index in [-0.39, 0.29) is 11.9 Å². The predicted molar refractivity (Wildman–Crippen MR) is 142 cm³/mol. The van der Waals surface area contributed by atoms with Crippen LogP contribution >= 0.6 is 0 Å². The molecule has 8 heteroatoms. The van der Waals surface area contributed by atoms with Crippen molar-refractivity contribution in [1.29, 1.82) is 0 Å². The van der Waals surface area contributed by atoms with Crippen LogP contribution in [0.1, 0.15) is 6.93 Å². The van der Waals surface area contributed by atoms with Gasteiger partial charge >= 0.3 is 0 Å². The SMILES string of the molecule is [2H]c1ncc2cc(N3CCNc4c(C)cccc43)c(=O)n(-c3ccc(N4CCN(C)CC4)cc3)c2n1. The van der Waals surface area contributed by atoms with Crippen LogP contribution < -0.4 is 20.7 Å². The number of fused-ring (bicyclic) bond motifs is 2. The molecule has 35 heavy (non-hydrogen) atoms. The summed E-state index contributed by atoms with van der Waals surface area (Å²) in [7, 11) is 2.14. The highest BCUT2D eigenvalue weighted by atomic mass is 16.1. The molecular formula is C27H29N7O. The molecule has 2 aromatic heterocycles. The number of aryl methyl sites for hydroxylation is 1. The first-order chi connectivity index (χ1) is 17.5. The molecule has 2 aliphatic heterocycles. The zero-order chi connectivity index (χ0) is 24.8. The van der Waals surface area contributed by atoms with Crippen LogP contribution in [-0.2, 0) is 0 Å². The summed E-state index contributed by atoms with van der Waals surface area (Å²) in [5.41, 5.74) is 5.88. The van der Waals surface area contributed by atoms with Gasteiger partial charge in [-0.2, -0.15) is 0 Å². The number of para-hydroxylation sites is 1. The molecule has 6 rings (SSSR count). The normalized spacial score (nSPS) is 16.7. The van der Waals surface area contributed by atoms with Crippen LogP contribution in [0.3, 0.4) is 0 Å². The van der Waals surface area contributed by atoms with Crippen molar-refractivity contribution < 1.29 is 1.37 Å². The second-order valence-corrected chi connectivity index (χ2v) is 9.27. The molecule has 0 saturated carbocycles. The minimum absolute atomic E-state index is 0.111. The fourth-order valence-corrected chi connectivity index (χ4v) is 5.08. The minimum atomic E-state index is -0.165. The van der Waals surface area contributed by atoms with Crippen molar-refractivity contribution in [1.82, 2.24) is 19.4 Å².